The quantitative estimate of drug-likeness (QED) is 0.663. The minimum atomic E-state index is 0.271. The van der Waals surface area contributed by atoms with E-state index in [0.29, 0.717) is 0 Å². The molecule has 28 heavy (non-hydrogen) atoms. The Morgan fingerprint density at radius 3 is 2.54 bits per heavy atom. The Morgan fingerprint density at radius 1 is 1.21 bits per heavy atom. The van der Waals surface area contributed by atoms with Crippen LogP contribution in [0.3, 0.4) is 0 Å². The first-order valence-electron chi connectivity index (χ1n) is 10.6. The van der Waals surface area contributed by atoms with Crippen LogP contribution in [-0.4, -0.2) is 41.5 Å². The number of rotatable bonds is 8. The third kappa shape index (κ3) is 4.10. The maximum Gasteiger partial charge on any atom is 0.217 e. The summed E-state index contributed by atoms with van der Waals surface area (Å²) in [6, 6.07) is 2.14. The van der Waals surface area contributed by atoms with Gasteiger partial charge >= 0.3 is 0 Å². The van der Waals surface area contributed by atoms with Crippen molar-refractivity contribution in [1.29, 1.82) is 0 Å². The molecule has 0 N–H and O–H groups in total. The molecule has 154 valence electrons. The van der Waals surface area contributed by atoms with Crippen LogP contribution in [0.25, 0.3) is 0 Å². The number of hydrogen-bond acceptors (Lipinski definition) is 5. The van der Waals surface area contributed by atoms with Gasteiger partial charge in [0.05, 0.1) is 17.4 Å². The molecular weight excluding hydrogens is 350 g/mol. The van der Waals surface area contributed by atoms with E-state index in [1.807, 2.05) is 36.9 Å². The van der Waals surface area contributed by atoms with E-state index in [1.54, 1.807) is 0 Å². The Hall–Kier alpha value is -2.24. The van der Waals surface area contributed by atoms with Crippen molar-refractivity contribution in [1.82, 2.24) is 14.8 Å². The topological polar surface area (TPSA) is 46.4 Å². The monoisotopic (exact) mass is 385 g/mol. The average molecular weight is 386 g/mol. The van der Waals surface area contributed by atoms with Gasteiger partial charge in [-0.25, -0.2) is 9.67 Å². The molecule has 0 saturated carbocycles. The van der Waals surface area contributed by atoms with Crippen LogP contribution in [0.2, 0.25) is 0 Å². The molecule has 0 saturated heterocycles. The van der Waals surface area contributed by atoms with E-state index in [9.17, 15) is 0 Å². The average Bonchev–Trinajstić information content (AvgIpc) is 2.98. The highest BCUT2D eigenvalue weighted by molar-refractivity contribution is 5.69. The van der Waals surface area contributed by atoms with E-state index >= 15 is 0 Å². The molecule has 0 aromatic carbocycles. The molecule has 1 aliphatic heterocycles. The van der Waals surface area contributed by atoms with E-state index in [4.69, 9.17) is 9.84 Å². The first kappa shape index (κ1) is 20.5. The van der Waals surface area contributed by atoms with Crippen molar-refractivity contribution in [3.05, 3.63) is 23.4 Å². The predicted molar refractivity (Wildman–Crippen MR) is 116 cm³/mol. The lowest BCUT2D eigenvalue weighted by Gasteiger charge is -2.29. The number of anilines is 3. The van der Waals surface area contributed by atoms with E-state index in [1.165, 1.54) is 11.1 Å². The van der Waals surface area contributed by atoms with Crippen molar-refractivity contribution >= 4 is 17.3 Å². The largest absolute Gasteiger partial charge is 0.474 e. The lowest BCUT2D eigenvalue weighted by atomic mass is 10.1. The zero-order chi connectivity index (χ0) is 20.3. The fourth-order valence-corrected chi connectivity index (χ4v) is 4.00. The summed E-state index contributed by atoms with van der Waals surface area (Å²) < 4.78 is 8.41. The number of pyridine rings is 1. The Morgan fingerprint density at radius 2 is 1.93 bits per heavy atom. The summed E-state index contributed by atoms with van der Waals surface area (Å²) in [6.45, 7) is 7.55. The minimum absolute atomic E-state index is 0.271. The van der Waals surface area contributed by atoms with Crippen LogP contribution in [-0.2, 0) is 13.5 Å². The molecule has 1 aliphatic rings. The second-order valence-corrected chi connectivity index (χ2v) is 8.03. The molecular formula is C22H35N5O. The van der Waals surface area contributed by atoms with Crippen LogP contribution in [0.15, 0.2) is 12.3 Å². The molecule has 6 nitrogen and oxygen atoms in total. The SMILES string of the molecule is CCCC(CCC)Oc1c2c(nn1C)N(c1cnc(N(C)C)cc1C)CCC2. The summed E-state index contributed by atoms with van der Waals surface area (Å²) in [4.78, 5) is 8.97. The molecule has 2 aromatic rings. The van der Waals surface area contributed by atoms with Crippen molar-refractivity contribution in [3.8, 4) is 5.88 Å². The number of ether oxygens (including phenoxy) is 1. The van der Waals surface area contributed by atoms with E-state index in [0.717, 1.165) is 68.3 Å². The summed E-state index contributed by atoms with van der Waals surface area (Å²) >= 11 is 0. The molecule has 0 aliphatic carbocycles. The maximum absolute atomic E-state index is 6.48. The molecule has 0 unspecified atom stereocenters. The van der Waals surface area contributed by atoms with Crippen molar-refractivity contribution in [2.45, 2.75) is 65.4 Å². The van der Waals surface area contributed by atoms with Gasteiger partial charge in [-0.2, -0.15) is 5.10 Å². The molecule has 0 bridgehead atoms. The van der Waals surface area contributed by atoms with Gasteiger partial charge in [-0.3, -0.25) is 0 Å². The normalized spacial score (nSPS) is 13.8. The molecule has 2 aromatic heterocycles. The highest BCUT2D eigenvalue weighted by Gasteiger charge is 2.29. The van der Waals surface area contributed by atoms with Crippen molar-refractivity contribution in [2.24, 2.45) is 7.05 Å². The van der Waals surface area contributed by atoms with Crippen molar-refractivity contribution in [3.63, 3.8) is 0 Å². The van der Waals surface area contributed by atoms with Crippen molar-refractivity contribution < 1.29 is 4.74 Å². The predicted octanol–water partition coefficient (Wildman–Crippen LogP) is 4.62. The zero-order valence-corrected chi connectivity index (χ0v) is 18.3. The van der Waals surface area contributed by atoms with Crippen LogP contribution in [0, 0.1) is 6.92 Å². The maximum atomic E-state index is 6.48. The lowest BCUT2D eigenvalue weighted by Crippen LogP contribution is -2.26. The molecule has 0 amide bonds. The first-order chi connectivity index (χ1) is 13.5. The highest BCUT2D eigenvalue weighted by Crippen LogP contribution is 2.39. The Labute approximate surface area is 169 Å². The van der Waals surface area contributed by atoms with Crippen LogP contribution in [0.5, 0.6) is 5.88 Å². The number of nitrogens with zero attached hydrogens (tertiary/aromatic N) is 5. The van der Waals surface area contributed by atoms with Gasteiger partial charge in [-0.1, -0.05) is 26.7 Å². The number of aryl methyl sites for hydroxylation is 2. The Bertz CT molecular complexity index is 792. The zero-order valence-electron chi connectivity index (χ0n) is 18.3. The molecule has 0 atom stereocenters. The molecule has 0 spiro atoms. The van der Waals surface area contributed by atoms with E-state index in [2.05, 4.69) is 36.7 Å². The Balaban J connectivity index is 1.93. The fraction of sp³-hybridized carbons (Fsp3) is 0.636. The van der Waals surface area contributed by atoms with Crippen molar-refractivity contribution in [2.75, 3.05) is 30.4 Å². The summed E-state index contributed by atoms with van der Waals surface area (Å²) in [7, 11) is 6.04. The summed E-state index contributed by atoms with van der Waals surface area (Å²) in [6.07, 6.45) is 8.82. The van der Waals surface area contributed by atoms with Crippen LogP contribution < -0.4 is 14.5 Å². The summed E-state index contributed by atoms with van der Waals surface area (Å²) in [5.74, 6) is 2.95. The van der Waals surface area contributed by atoms with Gasteiger partial charge in [0.15, 0.2) is 5.82 Å². The highest BCUT2D eigenvalue weighted by atomic mass is 16.5. The van der Waals surface area contributed by atoms with Gasteiger partial charge < -0.3 is 14.5 Å². The van der Waals surface area contributed by atoms with Gasteiger partial charge in [0.1, 0.15) is 11.9 Å². The van der Waals surface area contributed by atoms with Gasteiger partial charge in [-0.15, -0.1) is 0 Å². The second-order valence-electron chi connectivity index (χ2n) is 8.03. The van der Waals surface area contributed by atoms with Gasteiger partial charge in [-0.05, 0) is 44.2 Å². The molecule has 6 heteroatoms. The molecule has 0 radical (unpaired) electrons. The number of hydrogen-bond donors (Lipinski definition) is 0. The smallest absolute Gasteiger partial charge is 0.217 e. The van der Waals surface area contributed by atoms with Crippen LogP contribution >= 0.6 is 0 Å². The van der Waals surface area contributed by atoms with Gasteiger partial charge in [0.2, 0.25) is 5.88 Å². The van der Waals surface area contributed by atoms with E-state index < -0.39 is 0 Å². The summed E-state index contributed by atoms with van der Waals surface area (Å²) in [5.41, 5.74) is 3.59. The summed E-state index contributed by atoms with van der Waals surface area (Å²) in [5, 5.41) is 4.86. The number of aromatic nitrogens is 3. The second kappa shape index (κ2) is 8.84. The van der Waals surface area contributed by atoms with E-state index in [-0.39, 0.29) is 6.10 Å². The lowest BCUT2D eigenvalue weighted by molar-refractivity contribution is 0.162. The third-order valence-electron chi connectivity index (χ3n) is 5.45. The van der Waals surface area contributed by atoms with Gasteiger partial charge in [0.25, 0.3) is 0 Å². The minimum Gasteiger partial charge on any atom is -0.474 e. The van der Waals surface area contributed by atoms with Gasteiger partial charge in [0, 0.05) is 27.7 Å². The first-order valence-corrected chi connectivity index (χ1v) is 10.6. The molecule has 0 fully saturated rings. The third-order valence-corrected chi connectivity index (χ3v) is 5.45. The number of fused-ring (bicyclic) bond motifs is 1. The standard InChI is InChI=1S/C22H35N5O/c1-7-10-17(11-8-2)28-22-18-12-9-13-27(21(18)24-26(22)6)19-15-23-20(25(4)5)14-16(19)3/h14-15,17H,7-13H2,1-6H3. The molecule has 3 heterocycles. The van der Waals surface area contributed by atoms with Crippen LogP contribution in [0.4, 0.5) is 17.3 Å². The molecule has 3 rings (SSSR count). The fourth-order valence-electron chi connectivity index (χ4n) is 4.00. The Kier molecular flexibility index (Phi) is 6.47. The van der Waals surface area contributed by atoms with Crippen LogP contribution in [0.1, 0.15) is 57.1 Å².